The van der Waals surface area contributed by atoms with Crippen LogP contribution in [0.15, 0.2) is 0 Å². The highest BCUT2D eigenvalue weighted by Crippen LogP contribution is 2.18. The van der Waals surface area contributed by atoms with Crippen LogP contribution in [0.4, 0.5) is 17.8 Å². The summed E-state index contributed by atoms with van der Waals surface area (Å²) in [5.74, 6) is 1.99. The smallest absolute Gasteiger partial charge is 0.231 e. The second-order valence-electron chi connectivity index (χ2n) is 5.41. The molecule has 7 heteroatoms. The van der Waals surface area contributed by atoms with Crippen molar-refractivity contribution in [3.05, 3.63) is 0 Å². The second-order valence-corrected chi connectivity index (χ2v) is 5.41. The van der Waals surface area contributed by atoms with Gasteiger partial charge in [-0.2, -0.15) is 15.0 Å². The molecule has 118 valence electrons. The first-order chi connectivity index (χ1) is 10.2. The van der Waals surface area contributed by atoms with Crippen molar-refractivity contribution in [3.63, 3.8) is 0 Å². The first-order valence-corrected chi connectivity index (χ1v) is 7.67. The van der Waals surface area contributed by atoms with Crippen LogP contribution in [0.5, 0.6) is 0 Å². The van der Waals surface area contributed by atoms with Crippen LogP contribution in [0, 0.1) is 0 Å². The Labute approximate surface area is 126 Å². The van der Waals surface area contributed by atoms with Crippen LogP contribution in [-0.4, -0.2) is 54.8 Å². The predicted octanol–water partition coefficient (Wildman–Crippen LogP) is 1.74. The third kappa shape index (κ3) is 4.70. The topological polar surface area (TPSA) is 75.2 Å². The van der Waals surface area contributed by atoms with E-state index in [1.807, 2.05) is 7.05 Å². The SMILES string of the molecule is CNc1nc(NC(C)CCOC)nc(N2CCCCC2)n1. The van der Waals surface area contributed by atoms with Gasteiger partial charge >= 0.3 is 0 Å². The highest BCUT2D eigenvalue weighted by Gasteiger charge is 2.16. The monoisotopic (exact) mass is 294 g/mol. The fraction of sp³-hybridized carbons (Fsp3) is 0.786. The van der Waals surface area contributed by atoms with Crippen molar-refractivity contribution in [2.75, 3.05) is 49.4 Å². The molecule has 0 aliphatic carbocycles. The molecule has 2 rings (SSSR count). The maximum absolute atomic E-state index is 5.10. The van der Waals surface area contributed by atoms with Crippen molar-refractivity contribution >= 4 is 17.8 Å². The molecule has 1 aromatic rings. The number of anilines is 3. The van der Waals surface area contributed by atoms with Crippen LogP contribution in [0.1, 0.15) is 32.6 Å². The molecule has 1 unspecified atom stereocenters. The van der Waals surface area contributed by atoms with Gasteiger partial charge in [0.1, 0.15) is 0 Å². The Morgan fingerprint density at radius 3 is 2.52 bits per heavy atom. The molecule has 0 bridgehead atoms. The highest BCUT2D eigenvalue weighted by molar-refractivity contribution is 5.44. The van der Waals surface area contributed by atoms with Crippen LogP contribution in [0.2, 0.25) is 0 Å². The van der Waals surface area contributed by atoms with E-state index in [-0.39, 0.29) is 6.04 Å². The summed E-state index contributed by atoms with van der Waals surface area (Å²) >= 11 is 0. The molecule has 21 heavy (non-hydrogen) atoms. The van der Waals surface area contributed by atoms with Crippen LogP contribution >= 0.6 is 0 Å². The summed E-state index contributed by atoms with van der Waals surface area (Å²) < 4.78 is 5.10. The Morgan fingerprint density at radius 2 is 1.86 bits per heavy atom. The molecule has 2 N–H and O–H groups in total. The predicted molar refractivity (Wildman–Crippen MR) is 85.0 cm³/mol. The molecular formula is C14H26N6O. The number of nitrogens with zero attached hydrogens (tertiary/aromatic N) is 4. The van der Waals surface area contributed by atoms with Crippen molar-refractivity contribution < 1.29 is 4.74 Å². The number of rotatable bonds is 7. The van der Waals surface area contributed by atoms with Gasteiger partial charge in [-0.1, -0.05) is 0 Å². The van der Waals surface area contributed by atoms with Gasteiger partial charge < -0.3 is 20.3 Å². The fourth-order valence-electron chi connectivity index (χ4n) is 2.36. The Morgan fingerprint density at radius 1 is 1.14 bits per heavy atom. The van der Waals surface area contributed by atoms with E-state index < -0.39 is 0 Å². The standard InChI is InChI=1S/C14H26N6O/c1-11(7-10-21-3)16-13-17-12(15-2)18-14(19-13)20-8-5-4-6-9-20/h11H,4-10H2,1-3H3,(H2,15,16,17,18,19). The lowest BCUT2D eigenvalue weighted by atomic mass is 10.1. The summed E-state index contributed by atoms with van der Waals surface area (Å²) in [6, 6.07) is 0.256. The molecule has 7 nitrogen and oxygen atoms in total. The molecule has 0 amide bonds. The zero-order valence-electron chi connectivity index (χ0n) is 13.2. The third-order valence-corrected chi connectivity index (χ3v) is 3.62. The van der Waals surface area contributed by atoms with Crippen molar-refractivity contribution in [3.8, 4) is 0 Å². The normalized spacial score (nSPS) is 16.6. The third-order valence-electron chi connectivity index (χ3n) is 3.62. The van der Waals surface area contributed by atoms with Crippen molar-refractivity contribution in [1.29, 1.82) is 0 Å². The number of methoxy groups -OCH3 is 1. The molecule has 1 fully saturated rings. The van der Waals surface area contributed by atoms with Gasteiger partial charge in [0.15, 0.2) is 0 Å². The van der Waals surface area contributed by atoms with Gasteiger partial charge in [-0.15, -0.1) is 0 Å². The van der Waals surface area contributed by atoms with E-state index in [0.29, 0.717) is 11.9 Å². The highest BCUT2D eigenvalue weighted by atomic mass is 16.5. The van der Waals surface area contributed by atoms with Crippen LogP contribution in [-0.2, 0) is 4.74 Å². The molecular weight excluding hydrogens is 268 g/mol. The molecule has 1 atom stereocenters. The molecule has 0 spiro atoms. The number of aromatic nitrogens is 3. The lowest BCUT2D eigenvalue weighted by Crippen LogP contribution is -2.32. The number of nitrogens with one attached hydrogen (secondary N) is 2. The zero-order chi connectivity index (χ0) is 15.1. The first kappa shape index (κ1) is 15.8. The van der Waals surface area contributed by atoms with Gasteiger partial charge in [0.05, 0.1) is 0 Å². The Hall–Kier alpha value is -1.63. The van der Waals surface area contributed by atoms with E-state index in [2.05, 4.69) is 37.4 Å². The van der Waals surface area contributed by atoms with Gasteiger partial charge in [0.25, 0.3) is 0 Å². The van der Waals surface area contributed by atoms with Crippen LogP contribution < -0.4 is 15.5 Å². The molecule has 1 saturated heterocycles. The van der Waals surface area contributed by atoms with Crippen molar-refractivity contribution in [1.82, 2.24) is 15.0 Å². The minimum atomic E-state index is 0.256. The van der Waals surface area contributed by atoms with Gasteiger partial charge in [-0.3, -0.25) is 0 Å². The van der Waals surface area contributed by atoms with Gasteiger partial charge in [0.2, 0.25) is 17.8 Å². The number of piperidine rings is 1. The van der Waals surface area contributed by atoms with Gasteiger partial charge in [-0.05, 0) is 32.6 Å². The lowest BCUT2D eigenvalue weighted by Gasteiger charge is -2.27. The van der Waals surface area contributed by atoms with Crippen molar-refractivity contribution in [2.45, 2.75) is 38.6 Å². The largest absolute Gasteiger partial charge is 0.385 e. The summed E-state index contributed by atoms with van der Waals surface area (Å²) in [5.41, 5.74) is 0. The molecule has 2 heterocycles. The quantitative estimate of drug-likeness (QED) is 0.793. The summed E-state index contributed by atoms with van der Waals surface area (Å²) in [4.78, 5) is 15.7. The Balaban J connectivity index is 2.09. The van der Waals surface area contributed by atoms with E-state index >= 15 is 0 Å². The minimum Gasteiger partial charge on any atom is -0.385 e. The summed E-state index contributed by atoms with van der Waals surface area (Å²) in [5, 5.41) is 6.33. The van der Waals surface area contributed by atoms with Gasteiger partial charge in [-0.25, -0.2) is 0 Å². The maximum Gasteiger partial charge on any atom is 0.231 e. The molecule has 0 aromatic carbocycles. The van der Waals surface area contributed by atoms with E-state index in [9.17, 15) is 0 Å². The Bertz CT molecular complexity index is 435. The molecule has 0 radical (unpaired) electrons. The number of hydrogen-bond donors (Lipinski definition) is 2. The molecule has 1 aliphatic rings. The van der Waals surface area contributed by atoms with E-state index in [4.69, 9.17) is 4.74 Å². The number of ether oxygens (including phenoxy) is 1. The summed E-state index contributed by atoms with van der Waals surface area (Å²) in [6.45, 7) is 4.86. The average Bonchev–Trinajstić information content (AvgIpc) is 2.53. The number of hydrogen-bond acceptors (Lipinski definition) is 7. The fourth-order valence-corrected chi connectivity index (χ4v) is 2.36. The summed E-state index contributed by atoms with van der Waals surface area (Å²) in [7, 11) is 3.54. The van der Waals surface area contributed by atoms with E-state index in [1.165, 1.54) is 19.3 Å². The van der Waals surface area contributed by atoms with Gasteiger partial charge in [0, 0.05) is 39.9 Å². The van der Waals surface area contributed by atoms with Crippen molar-refractivity contribution in [2.24, 2.45) is 0 Å². The minimum absolute atomic E-state index is 0.256. The van der Waals surface area contributed by atoms with Crippen LogP contribution in [0.25, 0.3) is 0 Å². The molecule has 0 saturated carbocycles. The first-order valence-electron chi connectivity index (χ1n) is 7.67. The van der Waals surface area contributed by atoms with Crippen LogP contribution in [0.3, 0.4) is 0 Å². The van der Waals surface area contributed by atoms with E-state index in [0.717, 1.165) is 32.1 Å². The second kappa shape index (κ2) is 7.97. The zero-order valence-corrected chi connectivity index (χ0v) is 13.2. The van der Waals surface area contributed by atoms with E-state index in [1.54, 1.807) is 7.11 Å². The lowest BCUT2D eigenvalue weighted by molar-refractivity contribution is 0.191. The average molecular weight is 294 g/mol. The molecule has 1 aromatic heterocycles. The molecule has 1 aliphatic heterocycles. The summed E-state index contributed by atoms with van der Waals surface area (Å²) in [6.07, 6.45) is 4.61. The Kier molecular flexibility index (Phi) is 5.98. The maximum atomic E-state index is 5.10.